The summed E-state index contributed by atoms with van der Waals surface area (Å²) in [6.07, 6.45) is 6.53. The molecule has 0 spiro atoms. The Morgan fingerprint density at radius 1 is 1.12 bits per heavy atom. The minimum atomic E-state index is -0.351. The molecule has 0 aliphatic carbocycles. The van der Waals surface area contributed by atoms with Gasteiger partial charge in [0.1, 0.15) is 11.5 Å². The lowest BCUT2D eigenvalue weighted by Crippen LogP contribution is -2.32. The van der Waals surface area contributed by atoms with Crippen LogP contribution in [0, 0.1) is 0 Å². The largest absolute Gasteiger partial charge is 0.356 e. The Bertz CT molecular complexity index is 1050. The molecule has 0 bridgehead atoms. The molecule has 2 rings (SSSR count). The van der Waals surface area contributed by atoms with E-state index < -0.39 is 0 Å². The van der Waals surface area contributed by atoms with E-state index in [0.29, 0.717) is 5.70 Å². The number of hydrogen-bond acceptors (Lipinski definition) is 6. The highest BCUT2D eigenvalue weighted by atomic mass is 16.2. The van der Waals surface area contributed by atoms with E-state index in [0.717, 1.165) is 37.4 Å². The Hall–Kier alpha value is -3.26. The molecular weight excluding hydrogens is 416 g/mol. The summed E-state index contributed by atoms with van der Waals surface area (Å²) >= 11 is 0. The van der Waals surface area contributed by atoms with Gasteiger partial charge < -0.3 is 15.1 Å². The molecule has 1 N–H and O–H groups in total. The highest BCUT2D eigenvalue weighted by Gasteiger charge is 2.12. The van der Waals surface area contributed by atoms with Gasteiger partial charge in [0.15, 0.2) is 0 Å². The molecule has 0 unspecified atom stereocenters. The monoisotopic (exact) mass is 452 g/mol. The van der Waals surface area contributed by atoms with Crippen LogP contribution >= 0.6 is 0 Å². The zero-order valence-electron chi connectivity index (χ0n) is 20.6. The molecule has 0 atom stereocenters. The number of carbonyl (C=O) groups excluding carboxylic acids is 1. The summed E-state index contributed by atoms with van der Waals surface area (Å²) in [6, 6.07) is 6.65. The van der Waals surface area contributed by atoms with Crippen molar-refractivity contribution in [2.45, 2.75) is 40.7 Å². The number of anilines is 1. The molecule has 8 heteroatoms. The van der Waals surface area contributed by atoms with Crippen LogP contribution in [0.3, 0.4) is 0 Å². The summed E-state index contributed by atoms with van der Waals surface area (Å²) in [5.74, 6) is 0.506. The Kier molecular flexibility index (Phi) is 10.00. The van der Waals surface area contributed by atoms with Crippen LogP contribution in [0.1, 0.15) is 50.2 Å². The van der Waals surface area contributed by atoms with Crippen LogP contribution in [0.2, 0.25) is 0 Å². The molecule has 0 saturated heterocycles. The summed E-state index contributed by atoms with van der Waals surface area (Å²) in [5, 5.41) is 7.11. The first-order chi connectivity index (χ1) is 15.7. The Balaban J connectivity index is 2.18. The highest BCUT2D eigenvalue weighted by molar-refractivity contribution is 5.93. The van der Waals surface area contributed by atoms with Crippen LogP contribution in [0.15, 0.2) is 58.7 Å². The van der Waals surface area contributed by atoms with E-state index in [-0.39, 0.29) is 23.7 Å². The van der Waals surface area contributed by atoms with Crippen molar-refractivity contribution in [1.82, 2.24) is 25.0 Å². The van der Waals surface area contributed by atoms with Crippen LogP contribution in [0.25, 0.3) is 0 Å². The maximum Gasteiger partial charge on any atom is 0.275 e. The van der Waals surface area contributed by atoms with E-state index in [2.05, 4.69) is 39.0 Å². The van der Waals surface area contributed by atoms with Crippen LogP contribution in [-0.2, 0) is 6.54 Å². The number of carbonyl (C=O) groups is 1. The molecule has 2 aromatic rings. The number of likely N-dealkylation sites (N-methyl/N-ethyl adjacent to an activating group) is 2. The van der Waals surface area contributed by atoms with E-state index in [9.17, 15) is 9.59 Å². The van der Waals surface area contributed by atoms with Gasteiger partial charge in [-0.3, -0.25) is 9.59 Å². The molecule has 2 heterocycles. The molecule has 0 saturated carbocycles. The third-order valence-electron chi connectivity index (χ3n) is 5.25. The minimum Gasteiger partial charge on any atom is -0.356 e. The number of aromatic nitrogens is 3. The second-order valence-corrected chi connectivity index (χ2v) is 8.29. The Morgan fingerprint density at radius 3 is 2.55 bits per heavy atom. The molecular formula is C25H36N6O2. The van der Waals surface area contributed by atoms with Gasteiger partial charge in [-0.25, -0.2) is 9.67 Å². The zero-order valence-corrected chi connectivity index (χ0v) is 20.6. The van der Waals surface area contributed by atoms with Gasteiger partial charge in [0.05, 0.1) is 6.54 Å². The van der Waals surface area contributed by atoms with E-state index in [1.807, 2.05) is 52.2 Å². The van der Waals surface area contributed by atoms with Crippen molar-refractivity contribution in [3.8, 4) is 0 Å². The van der Waals surface area contributed by atoms with Crippen molar-refractivity contribution in [2.24, 2.45) is 0 Å². The molecule has 33 heavy (non-hydrogen) atoms. The minimum absolute atomic E-state index is 0.189. The highest BCUT2D eigenvalue weighted by Crippen LogP contribution is 2.13. The summed E-state index contributed by atoms with van der Waals surface area (Å²) in [6.45, 7) is 10.9. The Labute approximate surface area is 196 Å². The summed E-state index contributed by atoms with van der Waals surface area (Å²) < 4.78 is 1.31. The van der Waals surface area contributed by atoms with Gasteiger partial charge in [0.2, 0.25) is 0 Å². The van der Waals surface area contributed by atoms with Gasteiger partial charge >= 0.3 is 0 Å². The number of amides is 1. The fourth-order valence-electron chi connectivity index (χ4n) is 3.01. The molecule has 0 aromatic carbocycles. The van der Waals surface area contributed by atoms with Gasteiger partial charge in [-0.15, -0.1) is 0 Å². The first-order valence-corrected chi connectivity index (χ1v) is 11.3. The number of hydrogen-bond donors (Lipinski definition) is 1. The number of allylic oxidation sites excluding steroid dienone is 4. The smallest absolute Gasteiger partial charge is 0.275 e. The summed E-state index contributed by atoms with van der Waals surface area (Å²) in [4.78, 5) is 33.8. The maximum absolute atomic E-state index is 12.6. The molecule has 0 radical (unpaired) electrons. The first-order valence-electron chi connectivity index (χ1n) is 11.3. The van der Waals surface area contributed by atoms with Crippen molar-refractivity contribution < 1.29 is 4.79 Å². The lowest BCUT2D eigenvalue weighted by molar-refractivity contribution is 0.0958. The van der Waals surface area contributed by atoms with E-state index in [1.165, 1.54) is 22.4 Å². The topological polar surface area (TPSA) is 83.4 Å². The maximum atomic E-state index is 12.6. The first kappa shape index (κ1) is 26.0. The SMILES string of the molecule is CCC(C)=CC=C(C)NC(=O)c1ccc(=O)n(Cc2ccnc(N(CC)CCN(C)C)c2)n1. The van der Waals surface area contributed by atoms with Crippen molar-refractivity contribution in [2.75, 3.05) is 38.6 Å². The standard InChI is InChI=1S/C25H36N6O2/c1-7-19(3)9-10-20(4)27-25(33)22-11-12-24(32)31(28-22)18-21-13-14-26-23(17-21)30(8-2)16-15-29(5)6/h9-14,17H,7-8,15-16,18H2,1-6H3,(H,27,33). The fourth-order valence-corrected chi connectivity index (χ4v) is 3.01. The number of nitrogens with zero attached hydrogens (tertiary/aromatic N) is 5. The molecule has 0 fully saturated rings. The molecule has 0 aliphatic heterocycles. The average Bonchev–Trinajstić information content (AvgIpc) is 2.79. The lowest BCUT2D eigenvalue weighted by atomic mass is 10.2. The number of pyridine rings is 1. The normalized spacial score (nSPS) is 12.2. The second-order valence-electron chi connectivity index (χ2n) is 8.29. The molecule has 1 amide bonds. The third-order valence-corrected chi connectivity index (χ3v) is 5.25. The summed E-state index contributed by atoms with van der Waals surface area (Å²) in [7, 11) is 4.08. The van der Waals surface area contributed by atoms with Crippen LogP contribution in [0.4, 0.5) is 5.82 Å². The van der Waals surface area contributed by atoms with Crippen molar-refractivity contribution >= 4 is 11.7 Å². The predicted molar refractivity (Wildman–Crippen MR) is 134 cm³/mol. The summed E-state index contributed by atoms with van der Waals surface area (Å²) in [5.41, 5.74) is 2.75. The molecule has 178 valence electrons. The fraction of sp³-hybridized carbons (Fsp3) is 0.440. The molecule has 2 aromatic heterocycles. The Morgan fingerprint density at radius 2 is 1.88 bits per heavy atom. The predicted octanol–water partition coefficient (Wildman–Crippen LogP) is 3.06. The van der Waals surface area contributed by atoms with Gasteiger partial charge in [-0.05, 0) is 71.1 Å². The van der Waals surface area contributed by atoms with Gasteiger partial charge in [-0.2, -0.15) is 5.10 Å². The van der Waals surface area contributed by atoms with Crippen LogP contribution in [-0.4, -0.2) is 59.3 Å². The van der Waals surface area contributed by atoms with Crippen LogP contribution in [0.5, 0.6) is 0 Å². The van der Waals surface area contributed by atoms with Crippen molar-refractivity contribution in [3.63, 3.8) is 0 Å². The van der Waals surface area contributed by atoms with Crippen LogP contribution < -0.4 is 15.8 Å². The van der Waals surface area contributed by atoms with Gasteiger partial charge in [0, 0.05) is 37.6 Å². The van der Waals surface area contributed by atoms with Gasteiger partial charge in [-0.1, -0.05) is 18.6 Å². The van der Waals surface area contributed by atoms with E-state index in [4.69, 9.17) is 0 Å². The lowest BCUT2D eigenvalue weighted by Gasteiger charge is -2.24. The second kappa shape index (κ2) is 12.7. The quantitative estimate of drug-likeness (QED) is 0.528. The van der Waals surface area contributed by atoms with E-state index in [1.54, 1.807) is 6.20 Å². The van der Waals surface area contributed by atoms with E-state index >= 15 is 0 Å². The zero-order chi connectivity index (χ0) is 24.4. The number of rotatable bonds is 11. The number of nitrogens with one attached hydrogen (secondary N) is 1. The van der Waals surface area contributed by atoms with Gasteiger partial charge in [0.25, 0.3) is 11.5 Å². The molecule has 0 aliphatic rings. The van der Waals surface area contributed by atoms with Crippen molar-refractivity contribution in [3.05, 3.63) is 75.5 Å². The molecule has 8 nitrogen and oxygen atoms in total. The third kappa shape index (κ3) is 8.31. The average molecular weight is 453 g/mol. The van der Waals surface area contributed by atoms with Crippen molar-refractivity contribution in [1.29, 1.82) is 0 Å².